The number of amides is 1. The third kappa shape index (κ3) is 1.94. The van der Waals surface area contributed by atoms with Crippen molar-refractivity contribution in [3.63, 3.8) is 0 Å². The van der Waals surface area contributed by atoms with Crippen LogP contribution in [0.3, 0.4) is 0 Å². The van der Waals surface area contributed by atoms with Crippen molar-refractivity contribution in [1.82, 2.24) is 4.90 Å². The average Bonchev–Trinajstić information content (AvgIpc) is 2.52. The van der Waals surface area contributed by atoms with Gasteiger partial charge in [-0.25, -0.2) is 0 Å². The summed E-state index contributed by atoms with van der Waals surface area (Å²) in [6.45, 7) is 1.86. The molecule has 0 radical (unpaired) electrons. The van der Waals surface area contributed by atoms with Crippen molar-refractivity contribution in [3.8, 4) is 11.5 Å². The summed E-state index contributed by atoms with van der Waals surface area (Å²) in [4.78, 5) is 26.3. The first-order valence-corrected chi connectivity index (χ1v) is 7.13. The van der Waals surface area contributed by atoms with Gasteiger partial charge < -0.3 is 19.1 Å². The molecule has 1 fully saturated rings. The predicted octanol–water partition coefficient (Wildman–Crippen LogP) is 1.54. The zero-order chi connectivity index (χ0) is 16.1. The molecular formula is C16H19NO5. The molecule has 0 spiro atoms. The number of benzene rings is 1. The number of nitrogens with zero attached hydrogens (tertiary/aromatic N) is 1. The van der Waals surface area contributed by atoms with Gasteiger partial charge in [0.2, 0.25) is 5.91 Å². The van der Waals surface area contributed by atoms with E-state index >= 15 is 0 Å². The third-order valence-electron chi connectivity index (χ3n) is 4.71. The molecule has 1 saturated heterocycles. The first-order chi connectivity index (χ1) is 10.4. The summed E-state index contributed by atoms with van der Waals surface area (Å²) in [5.74, 6) is -0.579. The van der Waals surface area contributed by atoms with Crippen LogP contribution in [-0.2, 0) is 14.3 Å². The van der Waals surface area contributed by atoms with Gasteiger partial charge in [-0.2, -0.15) is 0 Å². The van der Waals surface area contributed by atoms with Crippen LogP contribution in [0.25, 0.3) is 0 Å². The van der Waals surface area contributed by atoms with Gasteiger partial charge >= 0.3 is 5.97 Å². The standard InChI is InChI=1S/C16H19NO5/c1-16-8-11(13(15(19)21-4)14(18)17(16)2)10-7-9(20-3)5-6-12(10)22-16/h5-7,11,13H,8H2,1-4H3/t11-,13+,16-/m1/s1. The van der Waals surface area contributed by atoms with Crippen LogP contribution < -0.4 is 9.47 Å². The van der Waals surface area contributed by atoms with E-state index in [4.69, 9.17) is 14.2 Å². The Morgan fingerprint density at radius 1 is 1.41 bits per heavy atom. The van der Waals surface area contributed by atoms with E-state index in [1.54, 1.807) is 20.2 Å². The Balaban J connectivity index is 2.15. The second-order valence-electron chi connectivity index (χ2n) is 5.89. The van der Waals surface area contributed by atoms with Crippen molar-refractivity contribution in [1.29, 1.82) is 0 Å². The zero-order valence-electron chi connectivity index (χ0n) is 13.1. The van der Waals surface area contributed by atoms with Gasteiger partial charge in [0.1, 0.15) is 17.4 Å². The zero-order valence-corrected chi connectivity index (χ0v) is 13.1. The summed E-state index contributed by atoms with van der Waals surface area (Å²) in [5, 5.41) is 0. The van der Waals surface area contributed by atoms with E-state index in [0.717, 1.165) is 5.56 Å². The molecule has 0 aliphatic carbocycles. The van der Waals surface area contributed by atoms with Crippen LogP contribution in [0.1, 0.15) is 24.8 Å². The molecule has 22 heavy (non-hydrogen) atoms. The van der Waals surface area contributed by atoms with E-state index in [1.807, 2.05) is 19.1 Å². The molecule has 118 valence electrons. The second-order valence-corrected chi connectivity index (χ2v) is 5.89. The van der Waals surface area contributed by atoms with Crippen LogP contribution in [0.2, 0.25) is 0 Å². The van der Waals surface area contributed by atoms with Gasteiger partial charge in [0, 0.05) is 24.9 Å². The number of likely N-dealkylation sites (tertiary alicyclic amines) is 1. The smallest absolute Gasteiger partial charge is 0.318 e. The quantitative estimate of drug-likeness (QED) is 0.612. The largest absolute Gasteiger partial charge is 0.497 e. The number of ether oxygens (including phenoxy) is 3. The Morgan fingerprint density at radius 3 is 2.77 bits per heavy atom. The van der Waals surface area contributed by atoms with Crippen LogP contribution in [0.4, 0.5) is 0 Å². The van der Waals surface area contributed by atoms with Crippen molar-refractivity contribution in [2.75, 3.05) is 21.3 Å². The third-order valence-corrected chi connectivity index (χ3v) is 4.71. The summed E-state index contributed by atoms with van der Waals surface area (Å²) in [7, 11) is 4.53. The molecule has 6 heteroatoms. The first-order valence-electron chi connectivity index (χ1n) is 7.13. The highest BCUT2D eigenvalue weighted by Gasteiger charge is 2.55. The van der Waals surface area contributed by atoms with Gasteiger partial charge in [-0.15, -0.1) is 0 Å². The number of hydrogen-bond donors (Lipinski definition) is 0. The summed E-state index contributed by atoms with van der Waals surface area (Å²) in [6.07, 6.45) is 0.537. The lowest BCUT2D eigenvalue weighted by atomic mass is 9.74. The van der Waals surface area contributed by atoms with Crippen LogP contribution >= 0.6 is 0 Å². The molecule has 1 aromatic carbocycles. The van der Waals surface area contributed by atoms with E-state index in [1.165, 1.54) is 12.0 Å². The van der Waals surface area contributed by atoms with Gasteiger partial charge in [-0.3, -0.25) is 9.59 Å². The monoisotopic (exact) mass is 305 g/mol. The van der Waals surface area contributed by atoms with Gasteiger partial charge in [-0.1, -0.05) is 0 Å². The first kappa shape index (κ1) is 14.7. The Kier molecular flexibility index (Phi) is 3.27. The van der Waals surface area contributed by atoms with Crippen molar-refractivity contribution in [2.24, 2.45) is 5.92 Å². The SMILES string of the molecule is COC(=O)[C@@H]1C(=O)N(C)[C@@]2(C)C[C@@H]1c1cc(OC)ccc1O2. The fourth-order valence-electron chi connectivity index (χ4n) is 3.34. The Morgan fingerprint density at radius 2 is 2.14 bits per heavy atom. The lowest BCUT2D eigenvalue weighted by Gasteiger charge is -2.51. The summed E-state index contributed by atoms with van der Waals surface area (Å²) < 4.78 is 16.1. The van der Waals surface area contributed by atoms with Crippen LogP contribution in [0, 0.1) is 5.92 Å². The molecule has 2 aliphatic heterocycles. The average molecular weight is 305 g/mol. The van der Waals surface area contributed by atoms with Gasteiger partial charge in [0.25, 0.3) is 0 Å². The lowest BCUT2D eigenvalue weighted by Crippen LogP contribution is -2.62. The van der Waals surface area contributed by atoms with Crippen molar-refractivity contribution in [3.05, 3.63) is 23.8 Å². The molecule has 3 atom stereocenters. The minimum Gasteiger partial charge on any atom is -0.497 e. The highest BCUT2D eigenvalue weighted by molar-refractivity contribution is 6.00. The number of hydrogen-bond acceptors (Lipinski definition) is 5. The molecule has 0 aromatic heterocycles. The van der Waals surface area contributed by atoms with E-state index in [2.05, 4.69) is 0 Å². The molecule has 1 aromatic rings. The molecule has 0 saturated carbocycles. The number of piperidine rings is 1. The van der Waals surface area contributed by atoms with E-state index in [0.29, 0.717) is 17.9 Å². The maximum atomic E-state index is 12.6. The molecule has 6 nitrogen and oxygen atoms in total. The normalized spacial score (nSPS) is 29.5. The number of carbonyl (C=O) groups is 2. The molecule has 2 bridgehead atoms. The van der Waals surface area contributed by atoms with E-state index in [9.17, 15) is 9.59 Å². The number of carbonyl (C=O) groups excluding carboxylic acids is 2. The van der Waals surface area contributed by atoms with Gasteiger partial charge in [0.15, 0.2) is 5.72 Å². The highest BCUT2D eigenvalue weighted by atomic mass is 16.5. The Bertz CT molecular complexity index is 643. The molecule has 2 aliphatic rings. The van der Waals surface area contributed by atoms with Crippen LogP contribution in [0.5, 0.6) is 11.5 Å². The van der Waals surface area contributed by atoms with Gasteiger partial charge in [-0.05, 0) is 25.1 Å². The fourth-order valence-corrected chi connectivity index (χ4v) is 3.34. The summed E-state index contributed by atoms with van der Waals surface area (Å²) in [6, 6.07) is 5.45. The fraction of sp³-hybridized carbons (Fsp3) is 0.500. The summed E-state index contributed by atoms with van der Waals surface area (Å²) in [5.41, 5.74) is 0.0575. The number of methoxy groups -OCH3 is 2. The predicted molar refractivity (Wildman–Crippen MR) is 77.7 cm³/mol. The summed E-state index contributed by atoms with van der Waals surface area (Å²) >= 11 is 0. The minimum absolute atomic E-state index is 0.278. The molecule has 3 rings (SSSR count). The highest BCUT2D eigenvalue weighted by Crippen LogP contribution is 2.50. The molecular weight excluding hydrogens is 286 g/mol. The number of rotatable bonds is 2. The van der Waals surface area contributed by atoms with E-state index in [-0.39, 0.29) is 11.8 Å². The van der Waals surface area contributed by atoms with Gasteiger partial charge in [0.05, 0.1) is 14.2 Å². The second kappa shape index (κ2) is 4.90. The maximum absolute atomic E-state index is 12.6. The number of fused-ring (bicyclic) bond motifs is 4. The lowest BCUT2D eigenvalue weighted by molar-refractivity contribution is -0.177. The van der Waals surface area contributed by atoms with Crippen LogP contribution in [0.15, 0.2) is 18.2 Å². The van der Waals surface area contributed by atoms with Crippen molar-refractivity contribution >= 4 is 11.9 Å². The van der Waals surface area contributed by atoms with E-state index < -0.39 is 17.6 Å². The topological polar surface area (TPSA) is 65.1 Å². The molecule has 2 heterocycles. The maximum Gasteiger partial charge on any atom is 0.318 e. The van der Waals surface area contributed by atoms with Crippen molar-refractivity contribution < 1.29 is 23.8 Å². The van der Waals surface area contributed by atoms with Crippen molar-refractivity contribution in [2.45, 2.75) is 25.0 Å². The Hall–Kier alpha value is -2.24. The minimum atomic E-state index is -0.849. The van der Waals surface area contributed by atoms with Crippen LogP contribution in [-0.4, -0.2) is 43.8 Å². The molecule has 1 amide bonds. The molecule has 0 unspecified atom stereocenters. The Labute approximate surface area is 128 Å². The number of esters is 1. The molecule has 0 N–H and O–H groups in total.